The van der Waals surface area contributed by atoms with Gasteiger partial charge in [-0.2, -0.15) is 0 Å². The van der Waals surface area contributed by atoms with Crippen LogP contribution in [0.1, 0.15) is 17.0 Å². The molecule has 2 heterocycles. The molecule has 0 saturated heterocycles. The molecule has 4 heteroatoms. The minimum atomic E-state index is 0.774. The van der Waals surface area contributed by atoms with Gasteiger partial charge in [0.25, 0.3) is 0 Å². The van der Waals surface area contributed by atoms with E-state index < -0.39 is 0 Å². The van der Waals surface area contributed by atoms with Crippen LogP contribution in [0.2, 0.25) is 0 Å². The Morgan fingerprint density at radius 2 is 1.87 bits per heavy atom. The fourth-order valence-electron chi connectivity index (χ4n) is 2.72. The van der Waals surface area contributed by atoms with Crippen LogP contribution in [0.5, 0.6) is 0 Å². The van der Waals surface area contributed by atoms with Crippen molar-refractivity contribution in [2.24, 2.45) is 0 Å². The minimum absolute atomic E-state index is 0.774. The standard InChI is InChI=1S/C19H16N2OS/c1-12-6-5-7-14(10-12)11-23-19-18-17(20-13(2)21-19)15-8-3-4-9-16(15)22-18/h3-10H,11H2,1-2H3. The number of thioether (sulfide) groups is 1. The number of nitrogens with zero attached hydrogens (tertiary/aromatic N) is 2. The molecule has 23 heavy (non-hydrogen) atoms. The molecule has 4 rings (SSSR count). The SMILES string of the molecule is Cc1cccc(CSc2nc(C)nc3c2oc2ccccc23)c1. The molecule has 4 aromatic rings. The summed E-state index contributed by atoms with van der Waals surface area (Å²) in [5.41, 5.74) is 5.11. The van der Waals surface area contributed by atoms with Crippen molar-refractivity contribution in [2.45, 2.75) is 24.6 Å². The van der Waals surface area contributed by atoms with Gasteiger partial charge in [0.2, 0.25) is 0 Å². The van der Waals surface area contributed by atoms with Gasteiger partial charge in [-0.15, -0.1) is 0 Å². The zero-order valence-electron chi connectivity index (χ0n) is 13.0. The summed E-state index contributed by atoms with van der Waals surface area (Å²) < 4.78 is 6.00. The van der Waals surface area contributed by atoms with Crippen LogP contribution in [-0.2, 0) is 5.75 Å². The first kappa shape index (κ1) is 14.3. The Bertz CT molecular complexity index is 1010. The van der Waals surface area contributed by atoms with Crippen molar-refractivity contribution >= 4 is 33.8 Å². The van der Waals surface area contributed by atoms with Crippen molar-refractivity contribution in [1.29, 1.82) is 0 Å². The van der Waals surface area contributed by atoms with E-state index in [1.165, 1.54) is 11.1 Å². The first-order valence-electron chi connectivity index (χ1n) is 7.55. The number of rotatable bonds is 3. The van der Waals surface area contributed by atoms with Gasteiger partial charge in [0.05, 0.1) is 0 Å². The highest BCUT2D eigenvalue weighted by molar-refractivity contribution is 7.98. The van der Waals surface area contributed by atoms with Crippen molar-refractivity contribution in [2.75, 3.05) is 0 Å². The van der Waals surface area contributed by atoms with Gasteiger partial charge < -0.3 is 4.42 Å². The molecule has 0 bridgehead atoms. The quantitative estimate of drug-likeness (QED) is 0.380. The third kappa shape index (κ3) is 2.70. The third-order valence-corrected chi connectivity index (χ3v) is 4.79. The van der Waals surface area contributed by atoms with E-state index in [1.807, 2.05) is 31.2 Å². The molecule has 0 radical (unpaired) electrons. The summed E-state index contributed by atoms with van der Waals surface area (Å²) in [6.07, 6.45) is 0. The number of fused-ring (bicyclic) bond motifs is 3. The zero-order valence-corrected chi connectivity index (χ0v) is 13.9. The lowest BCUT2D eigenvalue weighted by Crippen LogP contribution is -1.91. The van der Waals surface area contributed by atoms with Crippen molar-refractivity contribution < 1.29 is 4.42 Å². The first-order valence-corrected chi connectivity index (χ1v) is 8.53. The summed E-state index contributed by atoms with van der Waals surface area (Å²) in [5.74, 6) is 1.64. The van der Waals surface area contributed by atoms with Gasteiger partial charge in [-0.3, -0.25) is 0 Å². The van der Waals surface area contributed by atoms with Gasteiger partial charge in [0.1, 0.15) is 22.0 Å². The van der Waals surface area contributed by atoms with Crippen LogP contribution in [0.4, 0.5) is 0 Å². The second kappa shape index (κ2) is 5.70. The highest BCUT2D eigenvalue weighted by Crippen LogP contribution is 2.34. The van der Waals surface area contributed by atoms with E-state index in [1.54, 1.807) is 11.8 Å². The van der Waals surface area contributed by atoms with Gasteiger partial charge in [0.15, 0.2) is 5.58 Å². The monoisotopic (exact) mass is 320 g/mol. The van der Waals surface area contributed by atoms with Crippen LogP contribution in [0, 0.1) is 13.8 Å². The summed E-state index contributed by atoms with van der Waals surface area (Å²) in [5, 5.41) is 1.95. The number of hydrogen-bond acceptors (Lipinski definition) is 4. The second-order valence-electron chi connectivity index (χ2n) is 5.63. The maximum absolute atomic E-state index is 6.00. The van der Waals surface area contributed by atoms with Crippen LogP contribution in [0.25, 0.3) is 22.1 Å². The van der Waals surface area contributed by atoms with Crippen molar-refractivity contribution in [1.82, 2.24) is 9.97 Å². The number of benzene rings is 2. The maximum Gasteiger partial charge on any atom is 0.186 e. The number of para-hydroxylation sites is 1. The lowest BCUT2D eigenvalue weighted by atomic mass is 10.2. The molecule has 0 fully saturated rings. The molecule has 0 aliphatic heterocycles. The van der Waals surface area contributed by atoms with Gasteiger partial charge in [-0.25, -0.2) is 9.97 Å². The highest BCUT2D eigenvalue weighted by Gasteiger charge is 2.14. The van der Waals surface area contributed by atoms with E-state index >= 15 is 0 Å². The van der Waals surface area contributed by atoms with E-state index in [0.29, 0.717) is 0 Å². The van der Waals surface area contributed by atoms with Crippen molar-refractivity contribution in [3.05, 3.63) is 65.5 Å². The van der Waals surface area contributed by atoms with Crippen LogP contribution in [0.3, 0.4) is 0 Å². The molecule has 3 nitrogen and oxygen atoms in total. The predicted octanol–water partition coefficient (Wildman–Crippen LogP) is 5.29. The molecular weight excluding hydrogens is 304 g/mol. The van der Waals surface area contributed by atoms with Gasteiger partial charge in [0, 0.05) is 11.1 Å². The summed E-state index contributed by atoms with van der Waals surface area (Å²) in [6.45, 7) is 4.04. The molecule has 0 N–H and O–H groups in total. The van der Waals surface area contributed by atoms with Crippen LogP contribution in [0.15, 0.2) is 58.0 Å². The van der Waals surface area contributed by atoms with Gasteiger partial charge >= 0.3 is 0 Å². The Kier molecular flexibility index (Phi) is 3.54. The van der Waals surface area contributed by atoms with Crippen molar-refractivity contribution in [3.63, 3.8) is 0 Å². The molecule has 0 aliphatic rings. The van der Waals surface area contributed by atoms with Crippen LogP contribution >= 0.6 is 11.8 Å². The highest BCUT2D eigenvalue weighted by atomic mass is 32.2. The van der Waals surface area contributed by atoms with Gasteiger partial charge in [-0.1, -0.05) is 53.7 Å². The molecule has 0 unspecified atom stereocenters. The zero-order chi connectivity index (χ0) is 15.8. The summed E-state index contributed by atoms with van der Waals surface area (Å²) in [6, 6.07) is 16.6. The Labute approximate surface area is 138 Å². The Balaban J connectivity index is 1.77. The lowest BCUT2D eigenvalue weighted by molar-refractivity contribution is 0.652. The van der Waals surface area contributed by atoms with E-state index in [9.17, 15) is 0 Å². The largest absolute Gasteiger partial charge is 0.451 e. The average molecular weight is 320 g/mol. The van der Waals surface area contributed by atoms with E-state index in [2.05, 4.69) is 41.2 Å². The minimum Gasteiger partial charge on any atom is -0.451 e. The fourth-order valence-corrected chi connectivity index (χ4v) is 3.67. The third-order valence-electron chi connectivity index (χ3n) is 3.76. The molecular formula is C19H16N2OS. The Morgan fingerprint density at radius 1 is 1.00 bits per heavy atom. The Morgan fingerprint density at radius 3 is 2.74 bits per heavy atom. The number of hydrogen-bond donors (Lipinski definition) is 0. The number of aromatic nitrogens is 2. The molecule has 0 amide bonds. The summed E-state index contributed by atoms with van der Waals surface area (Å²) >= 11 is 1.70. The van der Waals surface area contributed by atoms with Crippen LogP contribution < -0.4 is 0 Å². The number of aryl methyl sites for hydroxylation is 2. The molecule has 0 atom stereocenters. The second-order valence-corrected chi connectivity index (χ2v) is 6.59. The van der Waals surface area contributed by atoms with E-state index in [4.69, 9.17) is 4.42 Å². The molecule has 0 saturated carbocycles. The normalized spacial score (nSPS) is 11.4. The average Bonchev–Trinajstić information content (AvgIpc) is 2.91. The smallest absolute Gasteiger partial charge is 0.186 e. The molecule has 2 aromatic carbocycles. The lowest BCUT2D eigenvalue weighted by Gasteiger charge is -2.04. The fraction of sp³-hybridized carbons (Fsp3) is 0.158. The molecule has 2 aromatic heterocycles. The topological polar surface area (TPSA) is 38.9 Å². The first-order chi connectivity index (χ1) is 11.2. The Hall–Kier alpha value is -2.33. The maximum atomic E-state index is 6.00. The van der Waals surface area contributed by atoms with E-state index in [-0.39, 0.29) is 0 Å². The summed E-state index contributed by atoms with van der Waals surface area (Å²) in [4.78, 5) is 9.17. The van der Waals surface area contributed by atoms with Gasteiger partial charge in [-0.05, 0) is 31.5 Å². The summed E-state index contributed by atoms with van der Waals surface area (Å²) in [7, 11) is 0. The molecule has 114 valence electrons. The molecule has 0 spiro atoms. The van der Waals surface area contributed by atoms with E-state index in [0.717, 1.165) is 38.7 Å². The van der Waals surface area contributed by atoms with Crippen molar-refractivity contribution in [3.8, 4) is 0 Å². The number of furan rings is 1. The molecule has 0 aliphatic carbocycles. The predicted molar refractivity (Wildman–Crippen MR) is 94.8 cm³/mol. The van der Waals surface area contributed by atoms with Crippen LogP contribution in [-0.4, -0.2) is 9.97 Å².